The van der Waals surface area contributed by atoms with Crippen molar-refractivity contribution in [2.24, 2.45) is 5.73 Å². The fraction of sp³-hybridized carbons (Fsp3) is 0.429. The second-order valence-corrected chi connectivity index (χ2v) is 5.10. The van der Waals surface area contributed by atoms with Gasteiger partial charge in [0.2, 0.25) is 0 Å². The molecule has 0 aliphatic rings. The molecule has 0 radical (unpaired) electrons. The van der Waals surface area contributed by atoms with Gasteiger partial charge < -0.3 is 15.0 Å². The van der Waals surface area contributed by atoms with Gasteiger partial charge in [0.05, 0.1) is 5.02 Å². The van der Waals surface area contributed by atoms with Gasteiger partial charge in [0.15, 0.2) is 12.4 Å². The van der Waals surface area contributed by atoms with E-state index in [-0.39, 0.29) is 12.6 Å². The molecule has 1 aromatic carbocycles. The maximum absolute atomic E-state index is 6.18. The molecule has 0 spiro atoms. The van der Waals surface area contributed by atoms with E-state index in [2.05, 4.69) is 10.1 Å². The summed E-state index contributed by atoms with van der Waals surface area (Å²) in [6.07, 6.45) is 1.51. The number of aryl methyl sites for hydroxylation is 1. The van der Waals surface area contributed by atoms with Crippen LogP contribution in [-0.2, 0) is 19.4 Å². The zero-order valence-corrected chi connectivity index (χ0v) is 12.4. The van der Waals surface area contributed by atoms with Gasteiger partial charge in [-0.3, -0.25) is 0 Å². The SMILES string of the molecule is CCc1noc(COc2ccc(CC(C)N)cc2Cl)n1. The minimum absolute atomic E-state index is 0.101. The molecule has 1 aromatic heterocycles. The Morgan fingerprint density at radius 2 is 2.25 bits per heavy atom. The van der Waals surface area contributed by atoms with Crippen molar-refractivity contribution in [2.45, 2.75) is 39.3 Å². The Morgan fingerprint density at radius 1 is 1.45 bits per heavy atom. The van der Waals surface area contributed by atoms with Crippen LogP contribution in [0.1, 0.15) is 31.1 Å². The fourth-order valence-electron chi connectivity index (χ4n) is 1.79. The molecular formula is C14H18ClN3O2. The van der Waals surface area contributed by atoms with E-state index in [0.717, 1.165) is 18.4 Å². The number of nitrogens with zero attached hydrogens (tertiary/aromatic N) is 2. The van der Waals surface area contributed by atoms with Gasteiger partial charge in [-0.2, -0.15) is 4.98 Å². The summed E-state index contributed by atoms with van der Waals surface area (Å²) in [5.74, 6) is 1.70. The van der Waals surface area contributed by atoms with Gasteiger partial charge in [0.25, 0.3) is 5.89 Å². The van der Waals surface area contributed by atoms with Crippen molar-refractivity contribution in [1.29, 1.82) is 0 Å². The zero-order valence-electron chi connectivity index (χ0n) is 11.6. The van der Waals surface area contributed by atoms with E-state index in [1.54, 1.807) is 0 Å². The molecule has 20 heavy (non-hydrogen) atoms. The summed E-state index contributed by atoms with van der Waals surface area (Å²) in [4.78, 5) is 4.17. The van der Waals surface area contributed by atoms with E-state index in [4.69, 9.17) is 26.6 Å². The van der Waals surface area contributed by atoms with Crippen LogP contribution in [0.15, 0.2) is 22.7 Å². The van der Waals surface area contributed by atoms with Crippen LogP contribution < -0.4 is 10.5 Å². The third kappa shape index (κ3) is 3.95. The third-order valence-corrected chi connectivity index (χ3v) is 3.03. The zero-order chi connectivity index (χ0) is 14.5. The molecule has 1 unspecified atom stereocenters. The van der Waals surface area contributed by atoms with E-state index in [1.807, 2.05) is 32.0 Å². The smallest absolute Gasteiger partial charge is 0.264 e. The first-order chi connectivity index (χ1) is 9.58. The second kappa shape index (κ2) is 6.72. The summed E-state index contributed by atoms with van der Waals surface area (Å²) in [5.41, 5.74) is 6.85. The van der Waals surface area contributed by atoms with Gasteiger partial charge in [-0.25, -0.2) is 0 Å². The summed E-state index contributed by atoms with van der Waals surface area (Å²) in [7, 11) is 0. The van der Waals surface area contributed by atoms with Gasteiger partial charge in [-0.05, 0) is 31.0 Å². The summed E-state index contributed by atoms with van der Waals surface area (Å²) < 4.78 is 10.6. The highest BCUT2D eigenvalue weighted by molar-refractivity contribution is 6.32. The highest BCUT2D eigenvalue weighted by Crippen LogP contribution is 2.26. The van der Waals surface area contributed by atoms with Gasteiger partial charge in [0, 0.05) is 12.5 Å². The normalized spacial score (nSPS) is 12.4. The number of halogens is 1. The quantitative estimate of drug-likeness (QED) is 0.887. The van der Waals surface area contributed by atoms with Crippen molar-refractivity contribution in [3.05, 3.63) is 40.5 Å². The molecule has 1 atom stereocenters. The summed E-state index contributed by atoms with van der Waals surface area (Å²) in [6, 6.07) is 5.75. The molecular weight excluding hydrogens is 278 g/mol. The maximum atomic E-state index is 6.18. The van der Waals surface area contributed by atoms with Gasteiger partial charge in [-0.1, -0.05) is 29.7 Å². The van der Waals surface area contributed by atoms with E-state index in [0.29, 0.717) is 22.5 Å². The Bertz CT molecular complexity index is 569. The summed E-state index contributed by atoms with van der Waals surface area (Å²) in [6.45, 7) is 4.13. The molecule has 2 aromatic rings. The first kappa shape index (κ1) is 14.8. The minimum atomic E-state index is 0.101. The number of rotatable bonds is 6. The van der Waals surface area contributed by atoms with E-state index in [9.17, 15) is 0 Å². The van der Waals surface area contributed by atoms with Crippen LogP contribution >= 0.6 is 11.6 Å². The molecule has 0 amide bonds. The average Bonchev–Trinajstić information content (AvgIpc) is 2.85. The van der Waals surface area contributed by atoms with Crippen molar-refractivity contribution in [2.75, 3.05) is 0 Å². The molecule has 2 N–H and O–H groups in total. The lowest BCUT2D eigenvalue weighted by Crippen LogP contribution is -2.17. The Hall–Kier alpha value is -1.59. The van der Waals surface area contributed by atoms with Crippen LogP contribution in [0.2, 0.25) is 5.02 Å². The number of hydrogen-bond donors (Lipinski definition) is 1. The van der Waals surface area contributed by atoms with Crippen molar-refractivity contribution >= 4 is 11.6 Å². The van der Waals surface area contributed by atoms with Crippen molar-refractivity contribution in [1.82, 2.24) is 10.1 Å². The van der Waals surface area contributed by atoms with Gasteiger partial charge in [0.1, 0.15) is 5.75 Å². The molecule has 0 bridgehead atoms. The highest BCUT2D eigenvalue weighted by Gasteiger charge is 2.08. The number of aromatic nitrogens is 2. The van der Waals surface area contributed by atoms with Gasteiger partial charge in [-0.15, -0.1) is 0 Å². The lowest BCUT2D eigenvalue weighted by Gasteiger charge is -2.09. The number of nitrogens with two attached hydrogens (primary N) is 1. The van der Waals surface area contributed by atoms with Gasteiger partial charge >= 0.3 is 0 Å². The van der Waals surface area contributed by atoms with Crippen LogP contribution in [0.5, 0.6) is 5.75 Å². The standard InChI is InChI=1S/C14H18ClN3O2/c1-3-13-17-14(20-18-13)8-19-12-5-4-10(6-9(2)16)7-11(12)15/h4-5,7,9H,3,6,8,16H2,1-2H3. The fourth-order valence-corrected chi connectivity index (χ4v) is 2.05. The molecule has 0 saturated carbocycles. The lowest BCUT2D eigenvalue weighted by molar-refractivity contribution is 0.242. The molecule has 0 saturated heterocycles. The van der Waals surface area contributed by atoms with Crippen molar-refractivity contribution in [3.63, 3.8) is 0 Å². The lowest BCUT2D eigenvalue weighted by atomic mass is 10.1. The van der Waals surface area contributed by atoms with Crippen LogP contribution in [-0.4, -0.2) is 16.2 Å². The van der Waals surface area contributed by atoms with E-state index < -0.39 is 0 Å². The molecule has 6 heteroatoms. The Morgan fingerprint density at radius 3 is 2.85 bits per heavy atom. The molecule has 108 valence electrons. The van der Waals surface area contributed by atoms with Crippen LogP contribution in [0.4, 0.5) is 0 Å². The highest BCUT2D eigenvalue weighted by atomic mass is 35.5. The first-order valence-electron chi connectivity index (χ1n) is 6.56. The van der Waals surface area contributed by atoms with E-state index >= 15 is 0 Å². The molecule has 5 nitrogen and oxygen atoms in total. The van der Waals surface area contributed by atoms with E-state index in [1.165, 1.54) is 0 Å². The molecule has 2 rings (SSSR count). The van der Waals surface area contributed by atoms with Crippen molar-refractivity contribution in [3.8, 4) is 5.75 Å². The number of benzene rings is 1. The average molecular weight is 296 g/mol. The monoisotopic (exact) mass is 295 g/mol. The van der Waals surface area contributed by atoms with Crippen LogP contribution in [0.3, 0.4) is 0 Å². The molecule has 0 aliphatic carbocycles. The predicted octanol–water partition coefficient (Wildman–Crippen LogP) is 2.75. The molecule has 0 aliphatic heterocycles. The maximum Gasteiger partial charge on any atom is 0.264 e. The first-order valence-corrected chi connectivity index (χ1v) is 6.94. The predicted molar refractivity (Wildman–Crippen MR) is 76.8 cm³/mol. The minimum Gasteiger partial charge on any atom is -0.482 e. The van der Waals surface area contributed by atoms with Crippen LogP contribution in [0.25, 0.3) is 0 Å². The largest absolute Gasteiger partial charge is 0.482 e. The number of ether oxygens (including phenoxy) is 1. The Labute approximate surface area is 123 Å². The molecule has 1 heterocycles. The van der Waals surface area contributed by atoms with Crippen molar-refractivity contribution < 1.29 is 9.26 Å². The Balaban J connectivity index is 1.99. The van der Waals surface area contributed by atoms with Crippen LogP contribution in [0, 0.1) is 0 Å². The number of hydrogen-bond acceptors (Lipinski definition) is 5. The summed E-state index contributed by atoms with van der Waals surface area (Å²) in [5, 5.41) is 4.36. The Kier molecular flexibility index (Phi) is 4.98. The molecule has 0 fully saturated rings. The third-order valence-electron chi connectivity index (χ3n) is 2.73. The summed E-state index contributed by atoms with van der Waals surface area (Å²) >= 11 is 6.18. The second-order valence-electron chi connectivity index (χ2n) is 4.69. The topological polar surface area (TPSA) is 74.2 Å².